The second kappa shape index (κ2) is 5.41. The first-order chi connectivity index (χ1) is 8.16. The molecule has 1 fully saturated rings. The van der Waals surface area contributed by atoms with Crippen molar-refractivity contribution in [3.63, 3.8) is 0 Å². The molecule has 1 heterocycles. The minimum Gasteiger partial charge on any atom is -0.378 e. The summed E-state index contributed by atoms with van der Waals surface area (Å²) < 4.78 is 18.6. The van der Waals surface area contributed by atoms with E-state index in [2.05, 4.69) is 0 Å². The molecule has 17 heavy (non-hydrogen) atoms. The first kappa shape index (κ1) is 12.2. The van der Waals surface area contributed by atoms with E-state index in [9.17, 15) is 9.18 Å². The predicted molar refractivity (Wildman–Crippen MR) is 63.7 cm³/mol. The van der Waals surface area contributed by atoms with Crippen LogP contribution in [0.2, 0.25) is 0 Å². The van der Waals surface area contributed by atoms with Gasteiger partial charge >= 0.3 is 0 Å². The van der Waals surface area contributed by atoms with Crippen molar-refractivity contribution in [1.29, 1.82) is 0 Å². The second-order valence-electron chi connectivity index (χ2n) is 4.58. The average molecular weight is 236 g/mol. The maximum absolute atomic E-state index is 13.1. The normalized spacial score (nSPS) is 20.2. The van der Waals surface area contributed by atoms with E-state index in [1.807, 2.05) is 6.92 Å². The molecule has 1 aliphatic heterocycles. The van der Waals surface area contributed by atoms with E-state index in [1.54, 1.807) is 6.07 Å². The molecule has 0 saturated carbocycles. The second-order valence-corrected chi connectivity index (χ2v) is 4.58. The molecule has 0 spiro atoms. The van der Waals surface area contributed by atoms with Gasteiger partial charge in [0.1, 0.15) is 5.82 Å². The summed E-state index contributed by atoms with van der Waals surface area (Å²) in [4.78, 5) is 12.0. The van der Waals surface area contributed by atoms with Gasteiger partial charge in [0.15, 0.2) is 5.78 Å². The van der Waals surface area contributed by atoms with Gasteiger partial charge in [-0.1, -0.05) is 6.07 Å². The molecule has 0 aliphatic carbocycles. The van der Waals surface area contributed by atoms with Gasteiger partial charge in [-0.2, -0.15) is 0 Å². The minimum absolute atomic E-state index is 0.0129. The number of carbonyl (C=O) groups excluding carboxylic acids is 1. The molecular formula is C14H17FO2. The first-order valence-electron chi connectivity index (χ1n) is 6.08. The number of ketones is 1. The van der Waals surface area contributed by atoms with E-state index in [4.69, 9.17) is 4.74 Å². The van der Waals surface area contributed by atoms with Gasteiger partial charge in [0.25, 0.3) is 0 Å². The summed E-state index contributed by atoms with van der Waals surface area (Å²) in [6, 6.07) is 4.34. The van der Waals surface area contributed by atoms with Gasteiger partial charge < -0.3 is 4.74 Å². The van der Waals surface area contributed by atoms with Crippen molar-refractivity contribution >= 4 is 5.78 Å². The standard InChI is InChI=1S/C14H17FO2/c1-10-5-6-11(15)8-13(10)14(16)9-12-4-2-3-7-17-12/h5-6,8,12H,2-4,7,9H2,1H3. The molecule has 1 unspecified atom stereocenters. The van der Waals surface area contributed by atoms with Crippen LogP contribution in [-0.2, 0) is 4.74 Å². The summed E-state index contributed by atoms with van der Waals surface area (Å²) >= 11 is 0. The zero-order chi connectivity index (χ0) is 12.3. The van der Waals surface area contributed by atoms with E-state index in [0.29, 0.717) is 12.0 Å². The van der Waals surface area contributed by atoms with Crippen molar-refractivity contribution in [3.8, 4) is 0 Å². The summed E-state index contributed by atoms with van der Waals surface area (Å²) in [5.41, 5.74) is 1.31. The number of hydrogen-bond acceptors (Lipinski definition) is 2. The number of benzene rings is 1. The number of hydrogen-bond donors (Lipinski definition) is 0. The van der Waals surface area contributed by atoms with Crippen molar-refractivity contribution in [1.82, 2.24) is 0 Å². The van der Waals surface area contributed by atoms with Crippen LogP contribution in [0.15, 0.2) is 18.2 Å². The van der Waals surface area contributed by atoms with Crippen molar-refractivity contribution < 1.29 is 13.9 Å². The minimum atomic E-state index is -0.358. The SMILES string of the molecule is Cc1ccc(F)cc1C(=O)CC1CCCCO1. The molecule has 2 nitrogen and oxygen atoms in total. The quantitative estimate of drug-likeness (QED) is 0.753. The van der Waals surface area contributed by atoms with Crippen molar-refractivity contribution in [2.75, 3.05) is 6.61 Å². The molecule has 0 bridgehead atoms. The Bertz CT molecular complexity index is 409. The van der Waals surface area contributed by atoms with Gasteiger partial charge in [-0.3, -0.25) is 4.79 Å². The highest BCUT2D eigenvalue weighted by atomic mass is 19.1. The molecule has 0 N–H and O–H groups in total. The van der Waals surface area contributed by atoms with Crippen LogP contribution in [0.3, 0.4) is 0 Å². The molecule has 1 aliphatic rings. The lowest BCUT2D eigenvalue weighted by Gasteiger charge is -2.22. The molecule has 0 aromatic heterocycles. The van der Waals surface area contributed by atoms with Gasteiger partial charge in [0.2, 0.25) is 0 Å². The highest BCUT2D eigenvalue weighted by molar-refractivity contribution is 5.97. The lowest BCUT2D eigenvalue weighted by Crippen LogP contribution is -2.22. The summed E-state index contributed by atoms with van der Waals surface area (Å²) in [5, 5.41) is 0. The molecule has 1 saturated heterocycles. The molecule has 1 aromatic rings. The van der Waals surface area contributed by atoms with Crippen LogP contribution in [0.5, 0.6) is 0 Å². The zero-order valence-electron chi connectivity index (χ0n) is 10.0. The number of rotatable bonds is 3. The molecule has 2 rings (SSSR count). The van der Waals surface area contributed by atoms with Crippen LogP contribution in [0, 0.1) is 12.7 Å². The van der Waals surface area contributed by atoms with E-state index < -0.39 is 0 Å². The Kier molecular flexibility index (Phi) is 3.89. The third kappa shape index (κ3) is 3.13. The number of halogens is 1. The fraction of sp³-hybridized carbons (Fsp3) is 0.500. The van der Waals surface area contributed by atoms with Crippen molar-refractivity contribution in [2.45, 2.75) is 38.7 Å². The van der Waals surface area contributed by atoms with Gasteiger partial charge in [-0.05, 0) is 43.9 Å². The highest BCUT2D eigenvalue weighted by Crippen LogP contribution is 2.19. The number of aryl methyl sites for hydroxylation is 1. The van der Waals surface area contributed by atoms with Crippen LogP contribution < -0.4 is 0 Å². The number of ether oxygens (including phenoxy) is 1. The average Bonchev–Trinajstić information content (AvgIpc) is 2.33. The largest absolute Gasteiger partial charge is 0.378 e. The van der Waals surface area contributed by atoms with Gasteiger partial charge in [-0.25, -0.2) is 4.39 Å². The van der Waals surface area contributed by atoms with E-state index in [-0.39, 0.29) is 17.7 Å². The molecule has 0 amide bonds. The molecule has 1 aromatic carbocycles. The maximum Gasteiger partial charge on any atom is 0.165 e. The molecule has 1 atom stereocenters. The maximum atomic E-state index is 13.1. The van der Waals surface area contributed by atoms with Gasteiger partial charge in [0, 0.05) is 18.6 Å². The first-order valence-corrected chi connectivity index (χ1v) is 6.08. The van der Waals surface area contributed by atoms with Gasteiger partial charge in [-0.15, -0.1) is 0 Å². The monoisotopic (exact) mass is 236 g/mol. The molecule has 92 valence electrons. The Balaban J connectivity index is 2.05. The van der Waals surface area contributed by atoms with E-state index in [1.165, 1.54) is 12.1 Å². The van der Waals surface area contributed by atoms with Gasteiger partial charge in [0.05, 0.1) is 6.10 Å². The summed E-state index contributed by atoms with van der Waals surface area (Å²) in [6.45, 7) is 2.56. The lowest BCUT2D eigenvalue weighted by molar-refractivity contribution is 0.0129. The Morgan fingerprint density at radius 3 is 3.00 bits per heavy atom. The Morgan fingerprint density at radius 1 is 1.47 bits per heavy atom. The van der Waals surface area contributed by atoms with Crippen molar-refractivity contribution in [3.05, 3.63) is 35.1 Å². The molecule has 0 radical (unpaired) electrons. The van der Waals surface area contributed by atoms with Crippen LogP contribution in [-0.4, -0.2) is 18.5 Å². The third-order valence-corrected chi connectivity index (χ3v) is 3.19. The molecule has 3 heteroatoms. The lowest BCUT2D eigenvalue weighted by atomic mass is 9.97. The van der Waals surface area contributed by atoms with Crippen LogP contribution in [0.1, 0.15) is 41.6 Å². The Labute approximate surface area is 101 Å². The van der Waals surface area contributed by atoms with Crippen LogP contribution in [0.4, 0.5) is 4.39 Å². The summed E-state index contributed by atoms with van der Waals surface area (Å²) in [5.74, 6) is -0.377. The fourth-order valence-electron chi connectivity index (χ4n) is 2.18. The van der Waals surface area contributed by atoms with Crippen LogP contribution in [0.25, 0.3) is 0 Å². The Morgan fingerprint density at radius 2 is 2.29 bits per heavy atom. The van der Waals surface area contributed by atoms with E-state index in [0.717, 1.165) is 31.4 Å². The highest BCUT2D eigenvalue weighted by Gasteiger charge is 2.19. The predicted octanol–water partition coefficient (Wildman–Crippen LogP) is 3.28. The summed E-state index contributed by atoms with van der Waals surface area (Å²) in [6.07, 6.45) is 3.49. The van der Waals surface area contributed by atoms with Crippen LogP contribution >= 0.6 is 0 Å². The smallest absolute Gasteiger partial charge is 0.165 e. The molecular weight excluding hydrogens is 219 g/mol. The number of carbonyl (C=O) groups is 1. The van der Waals surface area contributed by atoms with Crippen molar-refractivity contribution in [2.24, 2.45) is 0 Å². The number of Topliss-reactive ketones (excluding diaryl/α,β-unsaturated/α-hetero) is 1. The fourth-order valence-corrected chi connectivity index (χ4v) is 2.18. The summed E-state index contributed by atoms with van der Waals surface area (Å²) in [7, 11) is 0. The Hall–Kier alpha value is -1.22. The van der Waals surface area contributed by atoms with E-state index >= 15 is 0 Å². The zero-order valence-corrected chi connectivity index (χ0v) is 10.0. The topological polar surface area (TPSA) is 26.3 Å². The third-order valence-electron chi connectivity index (χ3n) is 3.19.